The highest BCUT2D eigenvalue weighted by atomic mass is 16.5. The molecule has 0 aromatic carbocycles. The molecular formula is C5H10O2. The summed E-state index contributed by atoms with van der Waals surface area (Å²) in [5.74, 6) is 0. The maximum Gasteiger partial charge on any atom is 0.0806 e. The highest BCUT2D eigenvalue weighted by molar-refractivity contribution is 4.61. The van der Waals surface area contributed by atoms with Crippen molar-refractivity contribution in [2.75, 3.05) is 13.2 Å². The zero-order valence-electron chi connectivity index (χ0n) is 5.13. The van der Waals surface area contributed by atoms with E-state index in [-0.39, 0.29) is 19.3 Å². The molecule has 2 atom stereocenters. The lowest BCUT2D eigenvalue weighted by Gasteiger charge is -2.00. The number of hydrogen-bond donors (Lipinski definition) is 1. The molecule has 1 rings (SSSR count). The molecule has 42 valence electrons. The number of rotatable bonds is 1. The van der Waals surface area contributed by atoms with Gasteiger partial charge in [0.25, 0.3) is 0 Å². The molecule has 0 aliphatic carbocycles. The first kappa shape index (κ1) is 3.87. The van der Waals surface area contributed by atoms with Crippen LogP contribution in [0.25, 0.3) is 0 Å². The molecule has 0 unspecified atom stereocenters. The second-order valence-corrected chi connectivity index (χ2v) is 1.68. The van der Waals surface area contributed by atoms with Crippen LogP contribution < -0.4 is 0 Å². The van der Waals surface area contributed by atoms with Crippen molar-refractivity contribution >= 4 is 0 Å². The monoisotopic (exact) mass is 104 g/mol. The van der Waals surface area contributed by atoms with Gasteiger partial charge >= 0.3 is 0 Å². The van der Waals surface area contributed by atoms with E-state index in [9.17, 15) is 0 Å². The van der Waals surface area contributed by atoms with E-state index in [0.717, 1.165) is 12.8 Å². The topological polar surface area (TPSA) is 29.5 Å². The Balaban J connectivity index is 2.22. The maximum absolute atomic E-state index is 8.48. The Hall–Kier alpha value is -0.0800. The lowest BCUT2D eigenvalue weighted by atomic mass is 10.2. The first-order valence-corrected chi connectivity index (χ1v) is 2.51. The lowest BCUT2D eigenvalue weighted by Crippen LogP contribution is -2.09. The summed E-state index contributed by atoms with van der Waals surface area (Å²) in [6.07, 6.45) is 1.55. The smallest absolute Gasteiger partial charge is 0.0806 e. The van der Waals surface area contributed by atoms with Crippen molar-refractivity contribution in [3.8, 4) is 0 Å². The summed E-state index contributed by atoms with van der Waals surface area (Å²) in [6.45, 7) is -0.317. The highest BCUT2D eigenvalue weighted by Crippen LogP contribution is 2.09. The number of aliphatic hydroxyl groups excluding tert-OH is 1. The fourth-order valence-corrected chi connectivity index (χ4v) is 0.660. The van der Waals surface area contributed by atoms with E-state index in [2.05, 4.69) is 0 Å². The number of ether oxygens (including phenoxy) is 1. The van der Waals surface area contributed by atoms with Gasteiger partial charge in [0.2, 0.25) is 0 Å². The second-order valence-electron chi connectivity index (χ2n) is 1.68. The zero-order valence-corrected chi connectivity index (χ0v) is 4.13. The first-order valence-electron chi connectivity index (χ1n) is 3.09. The van der Waals surface area contributed by atoms with Gasteiger partial charge < -0.3 is 9.84 Å². The number of hydrogen-bond acceptors (Lipinski definition) is 2. The van der Waals surface area contributed by atoms with Gasteiger partial charge in [-0.05, 0) is 12.8 Å². The van der Waals surface area contributed by atoms with Crippen molar-refractivity contribution in [3.05, 3.63) is 0 Å². The van der Waals surface area contributed by atoms with Crippen molar-refractivity contribution in [1.29, 1.82) is 0 Å². The number of aliphatic hydroxyl groups is 1. The van der Waals surface area contributed by atoms with Crippen LogP contribution in [-0.2, 0) is 4.74 Å². The summed E-state index contributed by atoms with van der Waals surface area (Å²) in [4.78, 5) is 0. The molecule has 0 radical (unpaired) electrons. The molecule has 0 spiro atoms. The molecule has 1 saturated heterocycles. The quantitative estimate of drug-likeness (QED) is 0.513. The second kappa shape index (κ2) is 2.28. The minimum Gasteiger partial charge on any atom is -0.394 e. The van der Waals surface area contributed by atoms with Crippen LogP contribution in [0.15, 0.2) is 0 Å². The zero-order chi connectivity index (χ0) is 5.98. The molecule has 0 saturated carbocycles. The van der Waals surface area contributed by atoms with Gasteiger partial charge in [0.05, 0.1) is 14.1 Å². The molecule has 1 N–H and O–H groups in total. The van der Waals surface area contributed by atoms with Crippen molar-refractivity contribution in [1.82, 2.24) is 0 Å². The summed E-state index contributed by atoms with van der Waals surface area (Å²) >= 11 is 0. The molecule has 2 heteroatoms. The standard InChI is InChI=1S/C5H10O2/c6-4-5-2-1-3-7-5/h5-6H,1-4H2/t5-/m0/s1/i3T/t3-,5-. The molecule has 0 aromatic rings. The van der Waals surface area contributed by atoms with E-state index >= 15 is 0 Å². The molecular weight excluding hydrogens is 92.1 g/mol. The van der Waals surface area contributed by atoms with E-state index in [0.29, 0.717) is 0 Å². The Labute approximate surface area is 44.5 Å². The maximum atomic E-state index is 8.48. The minimum atomic E-state index is -0.382. The third-order valence-electron chi connectivity index (χ3n) is 1.10. The van der Waals surface area contributed by atoms with Gasteiger partial charge in [-0.25, -0.2) is 0 Å². The third kappa shape index (κ3) is 1.14. The molecule has 1 aliphatic rings. The lowest BCUT2D eigenvalue weighted by molar-refractivity contribution is 0.0591. The van der Waals surface area contributed by atoms with Crippen LogP contribution in [0.3, 0.4) is 0 Å². The molecule has 0 bridgehead atoms. The summed E-state index contributed by atoms with van der Waals surface area (Å²) in [7, 11) is 0. The Morgan fingerprint density at radius 3 is 3.14 bits per heavy atom. The Morgan fingerprint density at radius 2 is 2.86 bits per heavy atom. The molecule has 0 amide bonds. The van der Waals surface area contributed by atoms with Crippen molar-refractivity contribution in [3.63, 3.8) is 0 Å². The molecule has 1 aliphatic heterocycles. The summed E-state index contributed by atoms with van der Waals surface area (Å²) in [5, 5.41) is 8.48. The minimum absolute atomic E-state index is 0.0579. The first-order chi connectivity index (χ1) is 3.83. The SMILES string of the molecule is [3H][C@H]1CC[C@@H](CO)O1. The van der Waals surface area contributed by atoms with E-state index < -0.39 is 0 Å². The van der Waals surface area contributed by atoms with E-state index in [4.69, 9.17) is 11.2 Å². The fraction of sp³-hybridized carbons (Fsp3) is 1.00. The van der Waals surface area contributed by atoms with E-state index in [1.165, 1.54) is 0 Å². The van der Waals surface area contributed by atoms with Crippen molar-refractivity contribution in [2.24, 2.45) is 0 Å². The predicted octanol–water partition coefficient (Wildman–Crippen LogP) is 0.158. The largest absolute Gasteiger partial charge is 0.394 e. The van der Waals surface area contributed by atoms with Crippen LogP contribution in [0, 0.1) is 0 Å². The highest BCUT2D eigenvalue weighted by Gasteiger charge is 2.12. The van der Waals surface area contributed by atoms with E-state index in [1.54, 1.807) is 0 Å². The van der Waals surface area contributed by atoms with Crippen LogP contribution in [-0.4, -0.2) is 24.4 Å². The van der Waals surface area contributed by atoms with Crippen molar-refractivity contribution in [2.45, 2.75) is 18.9 Å². The molecule has 1 fully saturated rings. The van der Waals surface area contributed by atoms with Crippen LogP contribution in [0.5, 0.6) is 0 Å². The van der Waals surface area contributed by atoms with Crippen LogP contribution in [0.1, 0.15) is 14.2 Å². The Kier molecular flexibility index (Phi) is 1.26. The normalized spacial score (nSPS) is 43.9. The molecule has 0 aromatic heterocycles. The van der Waals surface area contributed by atoms with Gasteiger partial charge in [-0.3, -0.25) is 0 Å². The van der Waals surface area contributed by atoms with Crippen LogP contribution >= 0.6 is 0 Å². The average Bonchev–Trinajstić information content (AvgIpc) is 2.14. The van der Waals surface area contributed by atoms with Gasteiger partial charge in [-0.1, -0.05) is 0 Å². The van der Waals surface area contributed by atoms with Gasteiger partial charge in [0.15, 0.2) is 0 Å². The Morgan fingerprint density at radius 1 is 2.00 bits per heavy atom. The Bertz CT molecular complexity index is 76.8. The van der Waals surface area contributed by atoms with Gasteiger partial charge in [-0.15, -0.1) is 0 Å². The predicted molar refractivity (Wildman–Crippen MR) is 26.1 cm³/mol. The van der Waals surface area contributed by atoms with Gasteiger partial charge in [0, 0.05) is 6.58 Å². The third-order valence-corrected chi connectivity index (χ3v) is 1.10. The summed E-state index contributed by atoms with van der Waals surface area (Å²) in [5.41, 5.74) is 0. The molecule has 2 nitrogen and oxygen atoms in total. The van der Waals surface area contributed by atoms with Gasteiger partial charge in [0.1, 0.15) is 0 Å². The fourth-order valence-electron chi connectivity index (χ4n) is 0.660. The van der Waals surface area contributed by atoms with Crippen molar-refractivity contribution < 1.29 is 11.2 Å². The average molecular weight is 104 g/mol. The summed E-state index contributed by atoms with van der Waals surface area (Å²) in [6, 6.07) is 0. The molecule has 1 heterocycles. The summed E-state index contributed by atoms with van der Waals surface area (Å²) < 4.78 is 12.0. The van der Waals surface area contributed by atoms with Crippen LogP contribution in [0.2, 0.25) is 0 Å². The van der Waals surface area contributed by atoms with Crippen LogP contribution in [0.4, 0.5) is 0 Å². The van der Waals surface area contributed by atoms with E-state index in [1.807, 2.05) is 0 Å². The van der Waals surface area contributed by atoms with Gasteiger partial charge in [-0.2, -0.15) is 0 Å². The molecule has 7 heavy (non-hydrogen) atoms.